The third kappa shape index (κ3) is 3.68. The lowest BCUT2D eigenvalue weighted by Gasteiger charge is -2.16. The number of amides is 1. The van der Waals surface area contributed by atoms with Gasteiger partial charge < -0.3 is 14.8 Å². The van der Waals surface area contributed by atoms with Crippen molar-refractivity contribution >= 4 is 5.91 Å². The molecule has 28 heavy (non-hydrogen) atoms. The fourth-order valence-corrected chi connectivity index (χ4v) is 3.71. The second kappa shape index (κ2) is 7.55. The predicted molar refractivity (Wildman–Crippen MR) is 96.3 cm³/mol. The molecule has 0 saturated heterocycles. The van der Waals surface area contributed by atoms with Crippen LogP contribution in [0.25, 0.3) is 11.1 Å². The van der Waals surface area contributed by atoms with Crippen LogP contribution in [-0.4, -0.2) is 32.9 Å². The highest BCUT2D eigenvalue weighted by atomic mass is 19.2. The van der Waals surface area contributed by atoms with Crippen molar-refractivity contribution in [3.63, 3.8) is 0 Å². The van der Waals surface area contributed by atoms with Gasteiger partial charge in [-0.2, -0.15) is 5.10 Å². The van der Waals surface area contributed by atoms with E-state index in [0.717, 1.165) is 12.1 Å². The minimum absolute atomic E-state index is 0.00580. The van der Waals surface area contributed by atoms with E-state index in [1.54, 1.807) is 10.9 Å². The maximum absolute atomic E-state index is 13.5. The van der Waals surface area contributed by atoms with Crippen LogP contribution in [-0.2, 0) is 6.54 Å². The molecule has 2 aromatic heterocycles. The average molecular weight is 387 g/mol. The van der Waals surface area contributed by atoms with Gasteiger partial charge in [0.25, 0.3) is 5.91 Å². The number of carbonyl (C=O) groups excluding carboxylic acids is 1. The van der Waals surface area contributed by atoms with E-state index >= 15 is 0 Å². The molecule has 1 fully saturated rings. The highest BCUT2D eigenvalue weighted by Crippen LogP contribution is 2.30. The Morgan fingerprint density at radius 2 is 2.14 bits per heavy atom. The van der Waals surface area contributed by atoms with E-state index in [2.05, 4.69) is 10.4 Å². The third-order valence-corrected chi connectivity index (χ3v) is 5.05. The van der Waals surface area contributed by atoms with Gasteiger partial charge in [0.05, 0.1) is 18.4 Å². The van der Waals surface area contributed by atoms with Crippen LogP contribution in [0.3, 0.4) is 0 Å². The maximum Gasteiger partial charge on any atom is 0.287 e. The summed E-state index contributed by atoms with van der Waals surface area (Å²) in [5, 5.41) is 17.3. The highest BCUT2D eigenvalue weighted by molar-refractivity contribution is 5.98. The molecule has 6 nitrogen and oxygen atoms in total. The molecule has 8 heteroatoms. The molecule has 4 rings (SSSR count). The number of furan rings is 1. The summed E-state index contributed by atoms with van der Waals surface area (Å²) in [4.78, 5) is 12.7. The predicted octanol–water partition coefficient (Wildman–Crippen LogP) is 2.99. The molecule has 1 aliphatic rings. The Labute approximate surface area is 159 Å². The lowest BCUT2D eigenvalue weighted by Crippen LogP contribution is -2.40. The van der Waals surface area contributed by atoms with Gasteiger partial charge >= 0.3 is 0 Å². The Morgan fingerprint density at radius 3 is 2.89 bits per heavy atom. The number of halogens is 2. The van der Waals surface area contributed by atoms with Crippen molar-refractivity contribution in [3.8, 4) is 11.1 Å². The number of aromatic nitrogens is 2. The number of benzene rings is 1. The number of rotatable bonds is 5. The smallest absolute Gasteiger partial charge is 0.287 e. The number of carbonyl (C=O) groups is 1. The van der Waals surface area contributed by atoms with Gasteiger partial charge in [-0.15, -0.1) is 0 Å². The normalized spacial score (nSPS) is 21.8. The Hall–Kier alpha value is -3.00. The van der Waals surface area contributed by atoms with Crippen molar-refractivity contribution in [1.29, 1.82) is 0 Å². The number of aliphatic hydroxyl groups is 1. The molecule has 0 aliphatic heterocycles. The van der Waals surface area contributed by atoms with E-state index in [1.807, 2.05) is 12.3 Å². The van der Waals surface area contributed by atoms with Gasteiger partial charge in [0, 0.05) is 24.5 Å². The molecular weight excluding hydrogens is 368 g/mol. The molecule has 1 unspecified atom stereocenters. The first-order chi connectivity index (χ1) is 13.5. The van der Waals surface area contributed by atoms with Gasteiger partial charge in [0.15, 0.2) is 17.4 Å². The van der Waals surface area contributed by atoms with E-state index in [-0.39, 0.29) is 11.7 Å². The molecule has 1 aromatic carbocycles. The highest BCUT2D eigenvalue weighted by Gasteiger charge is 2.35. The molecule has 1 aliphatic carbocycles. The molecule has 3 aromatic rings. The summed E-state index contributed by atoms with van der Waals surface area (Å²) in [5.41, 5.74) is 0.693. The van der Waals surface area contributed by atoms with Crippen LogP contribution in [0.15, 0.2) is 53.4 Å². The van der Waals surface area contributed by atoms with Crippen molar-refractivity contribution in [2.24, 2.45) is 5.92 Å². The Balaban J connectivity index is 1.46. The lowest BCUT2D eigenvalue weighted by molar-refractivity contribution is 0.0847. The van der Waals surface area contributed by atoms with Crippen LogP contribution in [0.5, 0.6) is 0 Å². The quantitative estimate of drug-likeness (QED) is 0.705. The third-order valence-electron chi connectivity index (χ3n) is 5.05. The number of nitrogens with zero attached hydrogens (tertiary/aromatic N) is 2. The molecule has 0 bridgehead atoms. The molecule has 0 radical (unpaired) electrons. The first-order valence-electron chi connectivity index (χ1n) is 9.00. The van der Waals surface area contributed by atoms with Crippen molar-refractivity contribution in [1.82, 2.24) is 15.1 Å². The van der Waals surface area contributed by atoms with Gasteiger partial charge in [-0.05, 0) is 48.6 Å². The van der Waals surface area contributed by atoms with Crippen molar-refractivity contribution < 1.29 is 23.1 Å². The summed E-state index contributed by atoms with van der Waals surface area (Å²) in [5.74, 6) is -2.29. The van der Waals surface area contributed by atoms with Gasteiger partial charge in [-0.1, -0.05) is 6.07 Å². The SMILES string of the molecule is O=C(N[C@@H]1CC(Cn2cccn2)C[C@H]1O)c1occc1-c1ccc(F)c(F)c1. The number of hydrogen-bond donors (Lipinski definition) is 2. The van der Waals surface area contributed by atoms with Gasteiger partial charge in [-0.25, -0.2) is 8.78 Å². The van der Waals surface area contributed by atoms with Crippen molar-refractivity contribution in [2.75, 3.05) is 0 Å². The zero-order valence-corrected chi connectivity index (χ0v) is 14.9. The summed E-state index contributed by atoms with van der Waals surface area (Å²) in [6.45, 7) is 0.664. The molecular formula is C20H19F2N3O3. The van der Waals surface area contributed by atoms with Crippen molar-refractivity contribution in [2.45, 2.75) is 31.5 Å². The Morgan fingerprint density at radius 1 is 1.29 bits per heavy atom. The second-order valence-corrected chi connectivity index (χ2v) is 7.01. The Kier molecular flexibility index (Phi) is 4.95. The second-order valence-electron chi connectivity index (χ2n) is 7.01. The summed E-state index contributed by atoms with van der Waals surface area (Å²) in [7, 11) is 0. The standard InChI is InChI=1S/C20H19F2N3O3/c21-15-3-2-13(10-16(15)22)14-4-7-28-19(14)20(27)24-17-8-12(9-18(17)26)11-25-6-1-5-23-25/h1-7,10,12,17-18,26H,8-9,11H2,(H,24,27)/t12?,17-,18-/m1/s1. The first kappa shape index (κ1) is 18.4. The van der Waals surface area contributed by atoms with Crippen LogP contribution in [0, 0.1) is 17.6 Å². The van der Waals surface area contributed by atoms with Crippen LogP contribution in [0.4, 0.5) is 8.78 Å². The number of hydrogen-bond acceptors (Lipinski definition) is 4. The lowest BCUT2D eigenvalue weighted by atomic mass is 10.1. The summed E-state index contributed by atoms with van der Waals surface area (Å²) in [6, 6.07) is 6.33. The van der Waals surface area contributed by atoms with Crippen LogP contribution in [0.1, 0.15) is 23.4 Å². The van der Waals surface area contributed by atoms with Gasteiger partial charge in [0.1, 0.15) is 0 Å². The van der Waals surface area contributed by atoms with Crippen LogP contribution >= 0.6 is 0 Å². The number of nitrogens with one attached hydrogen (secondary N) is 1. The number of aliphatic hydroxyl groups excluding tert-OH is 1. The largest absolute Gasteiger partial charge is 0.459 e. The molecule has 1 saturated carbocycles. The van der Waals surface area contributed by atoms with Crippen LogP contribution < -0.4 is 5.32 Å². The molecule has 1 amide bonds. The summed E-state index contributed by atoms with van der Waals surface area (Å²) < 4.78 is 33.8. The maximum atomic E-state index is 13.5. The molecule has 0 spiro atoms. The van der Waals surface area contributed by atoms with Gasteiger partial charge in [-0.3, -0.25) is 9.48 Å². The van der Waals surface area contributed by atoms with Crippen molar-refractivity contribution in [3.05, 3.63) is 66.4 Å². The van der Waals surface area contributed by atoms with Crippen LogP contribution in [0.2, 0.25) is 0 Å². The van der Waals surface area contributed by atoms with E-state index < -0.39 is 29.7 Å². The topological polar surface area (TPSA) is 80.3 Å². The molecule has 2 heterocycles. The zero-order chi connectivity index (χ0) is 19.7. The minimum atomic E-state index is -1.00. The monoisotopic (exact) mass is 387 g/mol. The summed E-state index contributed by atoms with van der Waals surface area (Å²) >= 11 is 0. The van der Waals surface area contributed by atoms with E-state index in [0.29, 0.717) is 30.5 Å². The van der Waals surface area contributed by atoms with E-state index in [4.69, 9.17) is 4.42 Å². The zero-order valence-electron chi connectivity index (χ0n) is 14.9. The fraction of sp³-hybridized carbons (Fsp3) is 0.300. The Bertz CT molecular complexity index is 971. The van der Waals surface area contributed by atoms with Gasteiger partial charge in [0.2, 0.25) is 0 Å². The minimum Gasteiger partial charge on any atom is -0.459 e. The fourth-order valence-electron chi connectivity index (χ4n) is 3.71. The summed E-state index contributed by atoms with van der Waals surface area (Å²) in [6.07, 6.45) is 5.35. The molecule has 2 N–H and O–H groups in total. The first-order valence-corrected chi connectivity index (χ1v) is 9.00. The average Bonchev–Trinajstić information content (AvgIpc) is 3.40. The van der Waals surface area contributed by atoms with E-state index in [1.165, 1.54) is 18.4 Å². The van der Waals surface area contributed by atoms with E-state index in [9.17, 15) is 18.7 Å². The molecule has 3 atom stereocenters. The molecule has 146 valence electrons.